The second-order valence-corrected chi connectivity index (χ2v) is 18.2. The fourth-order valence-electron chi connectivity index (χ4n) is 7.94. The lowest BCUT2D eigenvalue weighted by molar-refractivity contribution is -0.132. The summed E-state index contributed by atoms with van der Waals surface area (Å²) < 4.78 is 0. The molecule has 0 bridgehead atoms. The summed E-state index contributed by atoms with van der Waals surface area (Å²) in [5, 5.41) is 43.8. The molecule has 5 N–H and O–H groups in total. The predicted octanol–water partition coefficient (Wildman–Crippen LogP) is 15.2. The Morgan fingerprint density at radius 3 is 1.15 bits per heavy atom. The van der Waals surface area contributed by atoms with Crippen LogP contribution in [0.1, 0.15) is 258 Å². The molecule has 0 saturated heterocycles. The van der Waals surface area contributed by atoms with Crippen molar-refractivity contribution in [3.63, 3.8) is 0 Å². The molecule has 0 aromatic carbocycles. The van der Waals surface area contributed by atoms with Crippen molar-refractivity contribution in [2.24, 2.45) is 0 Å². The number of carbonyl (C=O) groups excluding carboxylic acids is 1. The van der Waals surface area contributed by atoms with Gasteiger partial charge in [-0.05, 0) is 96.3 Å². The molecule has 1 amide bonds. The summed E-state index contributed by atoms with van der Waals surface area (Å²) in [5.41, 5.74) is 0. The van der Waals surface area contributed by atoms with E-state index in [1.807, 2.05) is 0 Å². The van der Waals surface area contributed by atoms with Crippen LogP contribution in [0, 0.1) is 0 Å². The zero-order valence-electron chi connectivity index (χ0n) is 40.9. The van der Waals surface area contributed by atoms with Gasteiger partial charge in [-0.15, -0.1) is 0 Å². The van der Waals surface area contributed by atoms with Crippen molar-refractivity contribution in [2.75, 3.05) is 6.61 Å². The number of hydrogen-bond acceptors (Lipinski definition) is 5. The van der Waals surface area contributed by atoms with Crippen LogP contribution in [0.2, 0.25) is 0 Å². The lowest BCUT2D eigenvalue weighted by Gasteiger charge is -2.27. The predicted molar refractivity (Wildman–Crippen MR) is 270 cm³/mol. The number of carbonyl (C=O) groups is 1. The highest BCUT2D eigenvalue weighted by Crippen LogP contribution is 2.16. The van der Waals surface area contributed by atoms with Crippen LogP contribution < -0.4 is 5.32 Å². The van der Waals surface area contributed by atoms with Crippen LogP contribution in [0.5, 0.6) is 0 Å². The normalized spacial score (nSPS) is 14.4. The largest absolute Gasteiger partial charge is 0.394 e. The van der Waals surface area contributed by atoms with Gasteiger partial charge >= 0.3 is 0 Å². The van der Waals surface area contributed by atoms with Crippen molar-refractivity contribution in [3.05, 3.63) is 60.8 Å². The Kier molecular flexibility index (Phi) is 48.4. The molecule has 4 unspecified atom stereocenters. The van der Waals surface area contributed by atoms with Gasteiger partial charge in [0, 0.05) is 0 Å². The minimum absolute atomic E-state index is 0.344. The van der Waals surface area contributed by atoms with Crippen LogP contribution in [0.4, 0.5) is 0 Å². The van der Waals surface area contributed by atoms with E-state index in [0.29, 0.717) is 19.3 Å². The number of aliphatic hydroxyl groups excluding tert-OH is 4. The molecule has 4 atom stereocenters. The SMILES string of the molecule is CCCCC/C=C\C/C=C\CCCCCCCCC(O)C(=O)NC(CO)C(O)C(O)CCC/C=C/CC/C=C/CC/C=C/CCCCCCCCCCCCCCCCCCC. The molecule has 0 fully saturated rings. The topological polar surface area (TPSA) is 110 Å². The maximum Gasteiger partial charge on any atom is 0.249 e. The van der Waals surface area contributed by atoms with E-state index >= 15 is 0 Å². The molecule has 0 spiro atoms. The third kappa shape index (κ3) is 43.3. The van der Waals surface area contributed by atoms with E-state index in [9.17, 15) is 25.2 Å². The number of rotatable bonds is 48. The smallest absolute Gasteiger partial charge is 0.249 e. The Labute approximate surface area is 384 Å². The van der Waals surface area contributed by atoms with Crippen molar-refractivity contribution in [1.82, 2.24) is 5.32 Å². The van der Waals surface area contributed by atoms with Gasteiger partial charge in [0.15, 0.2) is 0 Å². The van der Waals surface area contributed by atoms with Gasteiger partial charge in [-0.25, -0.2) is 0 Å². The van der Waals surface area contributed by atoms with Crippen LogP contribution in [0.3, 0.4) is 0 Å². The van der Waals surface area contributed by atoms with Gasteiger partial charge in [-0.1, -0.05) is 222 Å². The quantitative estimate of drug-likeness (QED) is 0.0309. The Hall–Kier alpha value is -1.99. The Morgan fingerprint density at radius 1 is 0.403 bits per heavy atom. The molecular formula is C56H103NO5. The summed E-state index contributed by atoms with van der Waals surface area (Å²) in [6, 6.07) is -1.02. The summed E-state index contributed by atoms with van der Waals surface area (Å²) in [6.07, 6.45) is 64.3. The molecule has 0 heterocycles. The molecule has 6 nitrogen and oxygen atoms in total. The number of hydrogen-bond donors (Lipinski definition) is 5. The second-order valence-electron chi connectivity index (χ2n) is 18.2. The van der Waals surface area contributed by atoms with Gasteiger partial charge in [-0.3, -0.25) is 4.79 Å². The van der Waals surface area contributed by atoms with Crippen molar-refractivity contribution in [1.29, 1.82) is 0 Å². The second kappa shape index (κ2) is 50.0. The molecule has 0 radical (unpaired) electrons. The summed E-state index contributed by atoms with van der Waals surface area (Å²) >= 11 is 0. The molecule has 6 heteroatoms. The van der Waals surface area contributed by atoms with E-state index in [1.165, 1.54) is 154 Å². The van der Waals surface area contributed by atoms with Gasteiger partial charge in [0.25, 0.3) is 0 Å². The van der Waals surface area contributed by atoms with Gasteiger partial charge in [0.1, 0.15) is 12.2 Å². The molecule has 0 aliphatic carbocycles. The van der Waals surface area contributed by atoms with Crippen LogP contribution >= 0.6 is 0 Å². The lowest BCUT2D eigenvalue weighted by atomic mass is 10.00. The number of nitrogens with one attached hydrogen (secondary N) is 1. The van der Waals surface area contributed by atoms with E-state index < -0.39 is 36.9 Å². The van der Waals surface area contributed by atoms with E-state index in [1.54, 1.807) is 0 Å². The standard InChI is InChI=1S/C56H103NO5/c1-3-5-7-9-11-13-15-17-19-21-22-23-24-25-26-27-28-29-30-31-32-33-34-36-37-39-41-43-45-47-49-53(59)55(61)52(51-58)57-56(62)54(60)50-48-46-44-42-40-38-35-20-18-16-14-12-10-8-6-4-2/h12,14,18,20,30-31,34,36,41,43,52-55,58-61H,3-11,13,15-17,19,21-29,32-33,35,37-40,42,44-51H2,1-2H3,(H,57,62)/b14-12-,20-18-,31-30+,36-34+,43-41+. The van der Waals surface area contributed by atoms with E-state index in [0.717, 1.165) is 70.6 Å². The van der Waals surface area contributed by atoms with Gasteiger partial charge in [-0.2, -0.15) is 0 Å². The molecule has 62 heavy (non-hydrogen) atoms. The minimum Gasteiger partial charge on any atom is -0.394 e. The highest BCUT2D eigenvalue weighted by Gasteiger charge is 2.28. The van der Waals surface area contributed by atoms with Crippen molar-refractivity contribution < 1.29 is 25.2 Å². The number of amides is 1. The summed E-state index contributed by atoms with van der Waals surface area (Å²) in [7, 11) is 0. The average Bonchev–Trinajstić information content (AvgIpc) is 3.28. The van der Waals surface area contributed by atoms with Crippen molar-refractivity contribution >= 4 is 5.91 Å². The molecule has 362 valence electrons. The van der Waals surface area contributed by atoms with E-state index in [2.05, 4.69) is 79.9 Å². The van der Waals surface area contributed by atoms with Crippen molar-refractivity contribution in [2.45, 2.75) is 282 Å². The lowest BCUT2D eigenvalue weighted by Crippen LogP contribution is -2.53. The average molecular weight is 870 g/mol. The number of unbranched alkanes of at least 4 members (excludes halogenated alkanes) is 29. The zero-order valence-corrected chi connectivity index (χ0v) is 40.9. The van der Waals surface area contributed by atoms with Gasteiger partial charge < -0.3 is 25.7 Å². The fourth-order valence-corrected chi connectivity index (χ4v) is 7.94. The Balaban J connectivity index is 3.73. The monoisotopic (exact) mass is 870 g/mol. The highest BCUT2D eigenvalue weighted by atomic mass is 16.3. The third-order valence-electron chi connectivity index (χ3n) is 12.2. The molecular weight excluding hydrogens is 767 g/mol. The third-order valence-corrected chi connectivity index (χ3v) is 12.2. The van der Waals surface area contributed by atoms with Crippen molar-refractivity contribution in [3.8, 4) is 0 Å². The summed E-state index contributed by atoms with van der Waals surface area (Å²) in [5.74, 6) is -0.609. The highest BCUT2D eigenvalue weighted by molar-refractivity contribution is 5.80. The Bertz CT molecular complexity index is 1070. The van der Waals surface area contributed by atoms with Crippen LogP contribution in [0.15, 0.2) is 60.8 Å². The first-order valence-corrected chi connectivity index (χ1v) is 26.7. The number of allylic oxidation sites excluding steroid dienone is 10. The minimum atomic E-state index is -1.30. The molecule has 0 saturated carbocycles. The molecule has 0 aliphatic heterocycles. The first-order chi connectivity index (χ1) is 30.5. The fraction of sp³-hybridized carbons (Fsp3) is 0.804. The summed E-state index contributed by atoms with van der Waals surface area (Å²) in [6.45, 7) is 4.02. The van der Waals surface area contributed by atoms with Gasteiger partial charge in [0.2, 0.25) is 5.91 Å². The molecule has 0 rings (SSSR count). The molecule has 0 aromatic rings. The Morgan fingerprint density at radius 2 is 0.726 bits per heavy atom. The number of aliphatic hydroxyl groups is 4. The van der Waals surface area contributed by atoms with E-state index in [4.69, 9.17) is 0 Å². The maximum absolute atomic E-state index is 12.5. The first-order valence-electron chi connectivity index (χ1n) is 26.7. The van der Waals surface area contributed by atoms with Crippen LogP contribution in [-0.2, 0) is 4.79 Å². The van der Waals surface area contributed by atoms with Crippen LogP contribution in [0.25, 0.3) is 0 Å². The van der Waals surface area contributed by atoms with E-state index in [-0.39, 0.29) is 0 Å². The zero-order chi connectivity index (χ0) is 45.2. The molecule has 0 aliphatic rings. The van der Waals surface area contributed by atoms with Crippen LogP contribution in [-0.4, -0.2) is 57.3 Å². The maximum atomic E-state index is 12.5. The first kappa shape index (κ1) is 60.0. The van der Waals surface area contributed by atoms with Gasteiger partial charge in [0.05, 0.1) is 18.8 Å². The summed E-state index contributed by atoms with van der Waals surface area (Å²) in [4.78, 5) is 12.5. The molecule has 0 aromatic heterocycles.